The Morgan fingerprint density at radius 2 is 2.12 bits per heavy atom. The number of guanidine groups is 1. The van der Waals surface area contributed by atoms with Crippen LogP contribution in [0.2, 0.25) is 0 Å². The van der Waals surface area contributed by atoms with Gasteiger partial charge in [0, 0.05) is 38.3 Å². The Morgan fingerprint density at radius 3 is 2.81 bits per heavy atom. The molecule has 2 amide bonds. The first kappa shape index (κ1) is 19.8. The van der Waals surface area contributed by atoms with Crippen LogP contribution in [0, 0.1) is 0 Å². The van der Waals surface area contributed by atoms with E-state index in [2.05, 4.69) is 27.9 Å². The highest BCUT2D eigenvalue weighted by molar-refractivity contribution is 5.95. The summed E-state index contributed by atoms with van der Waals surface area (Å²) in [5, 5.41) is 9.19. The van der Waals surface area contributed by atoms with E-state index >= 15 is 0 Å². The van der Waals surface area contributed by atoms with Crippen molar-refractivity contribution in [2.24, 2.45) is 4.99 Å². The lowest BCUT2D eigenvalue weighted by molar-refractivity contribution is -0.129. The third kappa shape index (κ3) is 5.75. The van der Waals surface area contributed by atoms with Crippen molar-refractivity contribution in [3.8, 4) is 0 Å². The third-order valence-electron chi connectivity index (χ3n) is 4.44. The van der Waals surface area contributed by atoms with Gasteiger partial charge in [-0.25, -0.2) is 0 Å². The van der Waals surface area contributed by atoms with Crippen LogP contribution in [-0.2, 0) is 16.0 Å². The Labute approximate surface area is 155 Å². The van der Waals surface area contributed by atoms with E-state index < -0.39 is 0 Å². The molecule has 142 valence electrons. The molecule has 3 N–H and O–H groups in total. The van der Waals surface area contributed by atoms with Crippen LogP contribution < -0.4 is 16.0 Å². The molecule has 1 aromatic rings. The van der Waals surface area contributed by atoms with Gasteiger partial charge in [-0.15, -0.1) is 0 Å². The summed E-state index contributed by atoms with van der Waals surface area (Å²) in [6.07, 6.45) is 2.33. The van der Waals surface area contributed by atoms with Crippen LogP contribution in [0.3, 0.4) is 0 Å². The van der Waals surface area contributed by atoms with Crippen LogP contribution in [0.1, 0.15) is 32.3 Å². The molecule has 0 saturated carbocycles. The molecule has 0 radical (unpaired) electrons. The van der Waals surface area contributed by atoms with E-state index in [1.54, 1.807) is 7.05 Å². The Hall–Kier alpha value is -2.57. The largest absolute Gasteiger partial charge is 0.352 e. The number of carbonyl (C=O) groups excluding carboxylic acids is 2. The van der Waals surface area contributed by atoms with E-state index in [-0.39, 0.29) is 24.4 Å². The minimum Gasteiger partial charge on any atom is -0.352 e. The molecule has 0 aromatic heterocycles. The number of aryl methyl sites for hydroxylation is 1. The van der Waals surface area contributed by atoms with E-state index in [0.717, 1.165) is 25.1 Å². The zero-order valence-corrected chi connectivity index (χ0v) is 15.8. The van der Waals surface area contributed by atoms with Crippen LogP contribution in [0.4, 0.5) is 5.69 Å². The SMILES string of the molecule is CCC(=O)N1CCC(NC(=NC)NCC(=O)Nc2cccc(CC)c2)C1. The number of likely N-dealkylation sites (tertiary alicyclic amines) is 1. The van der Waals surface area contributed by atoms with Gasteiger partial charge in [0.2, 0.25) is 11.8 Å². The quantitative estimate of drug-likeness (QED) is 0.529. The maximum absolute atomic E-state index is 12.1. The molecule has 0 bridgehead atoms. The van der Waals surface area contributed by atoms with E-state index in [1.165, 1.54) is 5.56 Å². The zero-order chi connectivity index (χ0) is 18.9. The van der Waals surface area contributed by atoms with Gasteiger partial charge >= 0.3 is 0 Å². The van der Waals surface area contributed by atoms with Crippen LogP contribution in [-0.4, -0.2) is 55.4 Å². The summed E-state index contributed by atoms with van der Waals surface area (Å²) < 4.78 is 0. The summed E-state index contributed by atoms with van der Waals surface area (Å²) >= 11 is 0. The highest BCUT2D eigenvalue weighted by atomic mass is 16.2. The van der Waals surface area contributed by atoms with Gasteiger partial charge < -0.3 is 20.9 Å². The number of benzene rings is 1. The lowest BCUT2D eigenvalue weighted by Gasteiger charge is -2.18. The summed E-state index contributed by atoms with van der Waals surface area (Å²) in [6.45, 7) is 5.51. The van der Waals surface area contributed by atoms with Crippen molar-refractivity contribution in [1.29, 1.82) is 0 Å². The minimum atomic E-state index is -0.129. The Morgan fingerprint density at radius 1 is 1.31 bits per heavy atom. The molecule has 1 heterocycles. The molecule has 1 fully saturated rings. The van der Waals surface area contributed by atoms with Crippen molar-refractivity contribution in [3.63, 3.8) is 0 Å². The zero-order valence-electron chi connectivity index (χ0n) is 15.8. The van der Waals surface area contributed by atoms with Gasteiger partial charge in [0.25, 0.3) is 0 Å². The topological polar surface area (TPSA) is 85.8 Å². The van der Waals surface area contributed by atoms with Crippen molar-refractivity contribution in [2.45, 2.75) is 39.2 Å². The van der Waals surface area contributed by atoms with E-state index in [9.17, 15) is 9.59 Å². The number of anilines is 1. The number of hydrogen-bond donors (Lipinski definition) is 3. The first-order chi connectivity index (χ1) is 12.5. The molecular weight excluding hydrogens is 330 g/mol. The van der Waals surface area contributed by atoms with E-state index in [0.29, 0.717) is 18.9 Å². The fraction of sp³-hybridized carbons (Fsp3) is 0.526. The fourth-order valence-corrected chi connectivity index (χ4v) is 2.95. The molecule has 7 nitrogen and oxygen atoms in total. The first-order valence-electron chi connectivity index (χ1n) is 9.19. The number of amides is 2. The van der Waals surface area contributed by atoms with Crippen molar-refractivity contribution >= 4 is 23.5 Å². The van der Waals surface area contributed by atoms with Crippen LogP contribution in [0.15, 0.2) is 29.3 Å². The van der Waals surface area contributed by atoms with Gasteiger partial charge in [0.1, 0.15) is 0 Å². The predicted octanol–water partition coefficient (Wildman–Crippen LogP) is 1.36. The first-order valence-corrected chi connectivity index (χ1v) is 9.19. The molecule has 0 spiro atoms. The number of hydrogen-bond acceptors (Lipinski definition) is 3. The normalized spacial score (nSPS) is 17.1. The average molecular weight is 359 g/mol. The third-order valence-corrected chi connectivity index (χ3v) is 4.44. The maximum atomic E-state index is 12.1. The van der Waals surface area contributed by atoms with Crippen molar-refractivity contribution < 1.29 is 9.59 Å². The molecule has 2 rings (SSSR count). The van der Waals surface area contributed by atoms with Gasteiger partial charge in [0.05, 0.1) is 6.54 Å². The molecule has 0 aliphatic carbocycles. The highest BCUT2D eigenvalue weighted by Gasteiger charge is 2.25. The molecule has 1 aliphatic rings. The monoisotopic (exact) mass is 359 g/mol. The Bertz CT molecular complexity index is 659. The lowest BCUT2D eigenvalue weighted by Crippen LogP contribution is -2.47. The summed E-state index contributed by atoms with van der Waals surface area (Å²) in [5.74, 6) is 0.611. The molecule has 1 aliphatic heterocycles. The van der Waals surface area contributed by atoms with Crippen molar-refractivity contribution in [2.75, 3.05) is 32.0 Å². The number of nitrogens with zero attached hydrogens (tertiary/aromatic N) is 2. The Kier molecular flexibility index (Phi) is 7.44. The van der Waals surface area contributed by atoms with Crippen molar-refractivity contribution in [1.82, 2.24) is 15.5 Å². The van der Waals surface area contributed by atoms with Crippen LogP contribution in [0.25, 0.3) is 0 Å². The number of carbonyl (C=O) groups is 2. The van der Waals surface area contributed by atoms with Gasteiger partial charge in [-0.05, 0) is 30.5 Å². The molecule has 1 unspecified atom stereocenters. The number of aliphatic imine (C=N–C) groups is 1. The lowest BCUT2D eigenvalue weighted by atomic mass is 10.1. The molecular formula is C19H29N5O2. The molecule has 26 heavy (non-hydrogen) atoms. The second kappa shape index (κ2) is 9.79. The fourth-order valence-electron chi connectivity index (χ4n) is 2.95. The molecule has 1 aromatic carbocycles. The van der Waals surface area contributed by atoms with E-state index in [1.807, 2.05) is 36.1 Å². The molecule has 7 heteroatoms. The second-order valence-corrected chi connectivity index (χ2v) is 6.35. The summed E-state index contributed by atoms with van der Waals surface area (Å²) in [6, 6.07) is 7.98. The predicted molar refractivity (Wildman–Crippen MR) is 104 cm³/mol. The highest BCUT2D eigenvalue weighted by Crippen LogP contribution is 2.11. The molecule has 1 atom stereocenters. The van der Waals surface area contributed by atoms with Gasteiger partial charge in [-0.1, -0.05) is 26.0 Å². The Balaban J connectivity index is 1.78. The minimum absolute atomic E-state index is 0.125. The summed E-state index contributed by atoms with van der Waals surface area (Å²) in [5.41, 5.74) is 1.98. The summed E-state index contributed by atoms with van der Waals surface area (Å²) in [4.78, 5) is 29.9. The molecule has 1 saturated heterocycles. The number of nitrogens with one attached hydrogen (secondary N) is 3. The smallest absolute Gasteiger partial charge is 0.243 e. The van der Waals surface area contributed by atoms with Gasteiger partial charge in [-0.3, -0.25) is 14.6 Å². The van der Waals surface area contributed by atoms with Gasteiger partial charge in [-0.2, -0.15) is 0 Å². The van der Waals surface area contributed by atoms with Crippen molar-refractivity contribution in [3.05, 3.63) is 29.8 Å². The van der Waals surface area contributed by atoms with Gasteiger partial charge in [0.15, 0.2) is 5.96 Å². The number of rotatable bonds is 6. The maximum Gasteiger partial charge on any atom is 0.243 e. The second-order valence-electron chi connectivity index (χ2n) is 6.35. The van der Waals surface area contributed by atoms with Crippen LogP contribution in [0.5, 0.6) is 0 Å². The van der Waals surface area contributed by atoms with Crippen LogP contribution >= 0.6 is 0 Å². The average Bonchev–Trinajstić information content (AvgIpc) is 3.13. The summed E-state index contributed by atoms with van der Waals surface area (Å²) in [7, 11) is 1.67. The van der Waals surface area contributed by atoms with E-state index in [4.69, 9.17) is 0 Å². The standard InChI is InChI=1S/C19H29N5O2/c1-4-14-7-6-8-15(11-14)22-17(25)12-21-19(20-3)23-16-9-10-24(13-16)18(26)5-2/h6-8,11,16H,4-5,9-10,12-13H2,1-3H3,(H,22,25)(H2,20,21,23).